The second kappa shape index (κ2) is 16.0. The summed E-state index contributed by atoms with van der Waals surface area (Å²) in [5, 5.41) is 0. The lowest BCUT2D eigenvalue weighted by atomic mass is 9.82. The second-order valence-electron chi connectivity index (χ2n) is 15.4. The highest BCUT2D eigenvalue weighted by atomic mass is 16.6. The standard InChI is InChI=1S/C39H53N3O8.CH4/c1-25(26-10-15-31(48-8)16-11-26)20-33(43)27-21-28(24-40(23-27)37(46)50-38(2,3)4)35(44)42(29-12-13-29)30-14-17-34-32(22-30)41(18-9-19-47-7)36(45)39(5,6)49-34;/h10-11,14-17,22,25,27-29H,9,12-13,18-21,23-24H2,1-8H3;1H4/t25-,27+,28-;/m1./s1. The molecule has 2 fully saturated rings. The Labute approximate surface area is 303 Å². The summed E-state index contributed by atoms with van der Waals surface area (Å²) in [5.74, 6) is -0.174. The molecule has 280 valence electrons. The number of hydrogen-bond acceptors (Lipinski definition) is 8. The first kappa shape index (κ1) is 39.7. The molecule has 1 saturated carbocycles. The van der Waals surface area contributed by atoms with E-state index < -0.39 is 29.1 Å². The fourth-order valence-electron chi connectivity index (χ4n) is 6.85. The number of Topliss-reactive ketones (excluding diaryl/α,β-unsaturated/α-hetero) is 1. The van der Waals surface area contributed by atoms with Gasteiger partial charge in [0.1, 0.15) is 22.9 Å². The number of piperidine rings is 1. The van der Waals surface area contributed by atoms with Gasteiger partial charge in [-0.15, -0.1) is 0 Å². The molecule has 2 aromatic rings. The Morgan fingerprint density at radius 3 is 2.29 bits per heavy atom. The summed E-state index contributed by atoms with van der Waals surface area (Å²) in [6, 6.07) is 13.2. The minimum Gasteiger partial charge on any atom is -0.497 e. The average molecular weight is 708 g/mol. The van der Waals surface area contributed by atoms with E-state index in [9.17, 15) is 19.2 Å². The molecule has 1 aliphatic carbocycles. The van der Waals surface area contributed by atoms with Crippen molar-refractivity contribution in [2.45, 2.75) is 104 Å². The van der Waals surface area contributed by atoms with Crippen molar-refractivity contribution >= 4 is 35.1 Å². The number of likely N-dealkylation sites (tertiary alicyclic amines) is 1. The van der Waals surface area contributed by atoms with E-state index in [0.717, 1.165) is 24.2 Å². The van der Waals surface area contributed by atoms with E-state index in [2.05, 4.69) is 0 Å². The second-order valence-corrected chi connectivity index (χ2v) is 15.4. The van der Waals surface area contributed by atoms with Gasteiger partial charge in [-0.1, -0.05) is 26.5 Å². The molecular formula is C40H57N3O8. The Kier molecular flexibility index (Phi) is 12.5. The van der Waals surface area contributed by atoms with Gasteiger partial charge in [-0.05, 0) is 102 Å². The number of rotatable bonds is 12. The van der Waals surface area contributed by atoms with Crippen molar-refractivity contribution in [3.05, 3.63) is 48.0 Å². The van der Waals surface area contributed by atoms with Gasteiger partial charge >= 0.3 is 6.09 Å². The van der Waals surface area contributed by atoms with Gasteiger partial charge in [0.2, 0.25) is 5.91 Å². The highest BCUT2D eigenvalue weighted by Crippen LogP contribution is 2.43. The van der Waals surface area contributed by atoms with E-state index in [-0.39, 0.29) is 56.5 Å². The molecule has 0 radical (unpaired) electrons. The van der Waals surface area contributed by atoms with Crippen molar-refractivity contribution in [3.63, 3.8) is 0 Å². The lowest BCUT2D eigenvalue weighted by molar-refractivity contribution is -0.132. The third-order valence-corrected chi connectivity index (χ3v) is 9.62. The molecule has 11 nitrogen and oxygen atoms in total. The highest BCUT2D eigenvalue weighted by Gasteiger charge is 2.45. The number of anilines is 2. The number of benzene rings is 2. The van der Waals surface area contributed by atoms with Crippen molar-refractivity contribution in [1.29, 1.82) is 0 Å². The topological polar surface area (TPSA) is 115 Å². The van der Waals surface area contributed by atoms with E-state index in [4.69, 9.17) is 18.9 Å². The van der Waals surface area contributed by atoms with Gasteiger partial charge in [-0.2, -0.15) is 0 Å². The minimum atomic E-state index is -1.03. The molecule has 0 spiro atoms. The van der Waals surface area contributed by atoms with E-state index in [1.165, 1.54) is 4.90 Å². The monoisotopic (exact) mass is 707 g/mol. The van der Waals surface area contributed by atoms with E-state index in [0.29, 0.717) is 43.1 Å². The molecule has 0 aromatic heterocycles. The normalized spacial score (nSPS) is 20.4. The molecule has 0 unspecified atom stereocenters. The van der Waals surface area contributed by atoms with Crippen molar-refractivity contribution in [3.8, 4) is 11.5 Å². The zero-order chi connectivity index (χ0) is 36.4. The fourth-order valence-corrected chi connectivity index (χ4v) is 6.85. The van der Waals surface area contributed by atoms with Crippen molar-refractivity contribution in [2.24, 2.45) is 11.8 Å². The molecular weight excluding hydrogens is 650 g/mol. The Hall–Kier alpha value is -4.12. The number of ether oxygens (including phenoxy) is 4. The third kappa shape index (κ3) is 9.41. The van der Waals surface area contributed by atoms with Gasteiger partial charge in [0.05, 0.1) is 18.7 Å². The van der Waals surface area contributed by atoms with Gasteiger partial charge in [-0.25, -0.2) is 4.79 Å². The van der Waals surface area contributed by atoms with Crippen LogP contribution in [0.2, 0.25) is 0 Å². The van der Waals surface area contributed by atoms with Crippen LogP contribution >= 0.6 is 0 Å². The number of methoxy groups -OCH3 is 2. The molecule has 5 rings (SSSR count). The summed E-state index contributed by atoms with van der Waals surface area (Å²) < 4.78 is 22.4. The first-order valence-electron chi connectivity index (χ1n) is 17.7. The maximum atomic E-state index is 14.6. The molecule has 2 heterocycles. The largest absolute Gasteiger partial charge is 0.497 e. The summed E-state index contributed by atoms with van der Waals surface area (Å²) in [7, 11) is 3.25. The minimum absolute atomic E-state index is 0. The lowest BCUT2D eigenvalue weighted by Crippen LogP contribution is -2.53. The zero-order valence-corrected chi connectivity index (χ0v) is 30.8. The Bertz CT molecular complexity index is 1560. The predicted octanol–water partition coefficient (Wildman–Crippen LogP) is 7.00. The first-order chi connectivity index (χ1) is 23.6. The summed E-state index contributed by atoms with van der Waals surface area (Å²) in [6.45, 7) is 12.2. The smallest absolute Gasteiger partial charge is 0.410 e. The number of amides is 3. The van der Waals surface area contributed by atoms with Crippen molar-refractivity contribution in [2.75, 3.05) is 50.3 Å². The van der Waals surface area contributed by atoms with Crippen LogP contribution < -0.4 is 19.3 Å². The number of ketones is 1. The average Bonchev–Trinajstić information content (AvgIpc) is 3.91. The van der Waals surface area contributed by atoms with Crippen LogP contribution in [-0.4, -0.2) is 86.3 Å². The van der Waals surface area contributed by atoms with E-state index in [1.807, 2.05) is 54.3 Å². The Morgan fingerprint density at radius 2 is 1.69 bits per heavy atom. The van der Waals surface area contributed by atoms with E-state index in [1.54, 1.807) is 53.7 Å². The molecule has 3 amide bonds. The van der Waals surface area contributed by atoms with Gasteiger partial charge in [0.25, 0.3) is 5.91 Å². The Morgan fingerprint density at radius 1 is 1.02 bits per heavy atom. The summed E-state index contributed by atoms with van der Waals surface area (Å²) >= 11 is 0. The molecule has 2 aliphatic heterocycles. The van der Waals surface area contributed by atoms with Crippen molar-refractivity contribution in [1.82, 2.24) is 4.90 Å². The molecule has 51 heavy (non-hydrogen) atoms. The first-order valence-corrected chi connectivity index (χ1v) is 17.7. The quantitative estimate of drug-likeness (QED) is 0.217. The number of fused-ring (bicyclic) bond motifs is 1. The predicted molar refractivity (Wildman–Crippen MR) is 198 cm³/mol. The van der Waals surface area contributed by atoms with Crippen LogP contribution in [0.5, 0.6) is 11.5 Å². The fraction of sp³-hybridized carbons (Fsp3) is 0.600. The summed E-state index contributed by atoms with van der Waals surface area (Å²) in [4.78, 5) is 60.5. The van der Waals surface area contributed by atoms with Crippen molar-refractivity contribution < 1.29 is 38.1 Å². The van der Waals surface area contributed by atoms with Crippen LogP contribution in [0.25, 0.3) is 0 Å². The number of carbonyl (C=O) groups excluding carboxylic acids is 4. The zero-order valence-electron chi connectivity index (χ0n) is 30.8. The lowest BCUT2D eigenvalue weighted by Gasteiger charge is -2.40. The van der Waals surface area contributed by atoms with Gasteiger partial charge in [0, 0.05) is 57.4 Å². The van der Waals surface area contributed by atoms with E-state index >= 15 is 0 Å². The molecule has 11 heteroatoms. The molecule has 0 bridgehead atoms. The summed E-state index contributed by atoms with van der Waals surface area (Å²) in [5.41, 5.74) is 0.521. The van der Waals surface area contributed by atoms with Gasteiger partial charge in [0.15, 0.2) is 5.60 Å². The van der Waals surface area contributed by atoms with Crippen LogP contribution in [0.15, 0.2) is 42.5 Å². The molecule has 3 atom stereocenters. The van der Waals surface area contributed by atoms with Crippen LogP contribution in [0, 0.1) is 11.8 Å². The number of hydrogen-bond donors (Lipinski definition) is 0. The van der Waals surface area contributed by atoms with Gasteiger partial charge < -0.3 is 33.6 Å². The number of nitrogens with zero attached hydrogens (tertiary/aromatic N) is 3. The molecule has 2 aromatic carbocycles. The highest BCUT2D eigenvalue weighted by molar-refractivity contribution is 6.04. The molecule has 1 saturated heterocycles. The van der Waals surface area contributed by atoms with Crippen LogP contribution in [-0.2, 0) is 23.9 Å². The van der Waals surface area contributed by atoms with Gasteiger partial charge in [-0.3, -0.25) is 14.4 Å². The maximum Gasteiger partial charge on any atom is 0.410 e. The van der Waals surface area contributed by atoms with Crippen LogP contribution in [0.3, 0.4) is 0 Å². The van der Waals surface area contributed by atoms with Crippen LogP contribution in [0.4, 0.5) is 16.2 Å². The summed E-state index contributed by atoms with van der Waals surface area (Å²) in [6.07, 6.45) is 2.40. The third-order valence-electron chi connectivity index (χ3n) is 9.62. The maximum absolute atomic E-state index is 14.6. The number of carbonyl (C=O) groups is 4. The Balaban J connectivity index is 0.00000583. The SMILES string of the molecule is C.COCCCN1C(=O)C(C)(C)Oc2ccc(N(C(=O)[C@@H]3C[C@H](C(=O)C[C@@H](C)c4ccc(OC)cc4)CN(C(=O)OC(C)(C)C)C3)C3CC3)cc21. The van der Waals surface area contributed by atoms with Crippen LogP contribution in [0.1, 0.15) is 92.6 Å². The molecule has 0 N–H and O–H groups in total. The molecule has 3 aliphatic rings.